The fraction of sp³-hybridized carbons (Fsp3) is 0.290. The second-order valence-corrected chi connectivity index (χ2v) is 9.90. The monoisotopic (exact) mass is 540 g/mol. The van der Waals surface area contributed by atoms with Gasteiger partial charge < -0.3 is 19.8 Å². The Kier molecular flexibility index (Phi) is 7.66. The molecule has 9 nitrogen and oxygen atoms in total. The predicted molar refractivity (Wildman–Crippen MR) is 147 cm³/mol. The Morgan fingerprint density at radius 3 is 1.80 bits per heavy atom. The van der Waals surface area contributed by atoms with Gasteiger partial charge in [-0.2, -0.15) is 5.10 Å². The number of benzene rings is 3. The minimum absolute atomic E-state index is 0.0731. The van der Waals surface area contributed by atoms with E-state index in [9.17, 15) is 19.8 Å². The second kappa shape index (κ2) is 11.3. The Morgan fingerprint density at radius 1 is 0.900 bits per heavy atom. The molecule has 206 valence electrons. The van der Waals surface area contributed by atoms with Crippen molar-refractivity contribution in [3.05, 3.63) is 120 Å². The number of piperidine rings is 1. The molecule has 3 aromatic carbocycles. The van der Waals surface area contributed by atoms with Gasteiger partial charge in [-0.15, -0.1) is 0 Å². The van der Waals surface area contributed by atoms with Gasteiger partial charge in [-0.25, -0.2) is 14.5 Å². The number of amides is 1. The van der Waals surface area contributed by atoms with E-state index in [4.69, 9.17) is 9.84 Å². The SMILES string of the molecule is CCOC(=O)C1(C(O)c2ncn(C(c3ccccc3)(c3ccccc3)c3ccccc3)n2)CCN(C(=O)O)CC1. The summed E-state index contributed by atoms with van der Waals surface area (Å²) in [4.78, 5) is 30.6. The van der Waals surface area contributed by atoms with Gasteiger partial charge in [0.2, 0.25) is 0 Å². The van der Waals surface area contributed by atoms with Crippen molar-refractivity contribution in [3.63, 3.8) is 0 Å². The fourth-order valence-corrected chi connectivity index (χ4v) is 5.71. The number of carbonyl (C=O) groups is 2. The van der Waals surface area contributed by atoms with E-state index in [1.54, 1.807) is 17.9 Å². The Labute approximate surface area is 232 Å². The van der Waals surface area contributed by atoms with Crippen molar-refractivity contribution in [2.75, 3.05) is 19.7 Å². The number of hydrogen-bond donors (Lipinski definition) is 2. The number of carbonyl (C=O) groups excluding carboxylic acids is 1. The highest BCUT2D eigenvalue weighted by atomic mass is 16.5. The summed E-state index contributed by atoms with van der Waals surface area (Å²) in [5, 5.41) is 26.0. The molecule has 1 fully saturated rings. The standard InChI is InChI=1S/C31H32N4O5/c1-2-40-28(37)30(18-20-34(21-19-30)29(38)39)26(36)27-32-22-35(33-27)31(23-12-6-3-7-13-23,24-14-8-4-9-15-24)25-16-10-5-11-17-25/h3-17,22,26,36H,2,18-21H2,1H3,(H,38,39). The number of aliphatic hydroxyl groups is 1. The highest BCUT2D eigenvalue weighted by molar-refractivity contribution is 5.78. The maximum atomic E-state index is 13.3. The van der Waals surface area contributed by atoms with Gasteiger partial charge in [0, 0.05) is 13.1 Å². The molecule has 1 aliphatic heterocycles. The second-order valence-electron chi connectivity index (χ2n) is 9.90. The first kappa shape index (κ1) is 27.1. The number of aliphatic hydroxyl groups excluding tert-OH is 1. The Morgan fingerprint density at radius 2 is 1.38 bits per heavy atom. The van der Waals surface area contributed by atoms with E-state index in [1.165, 1.54) is 4.90 Å². The highest BCUT2D eigenvalue weighted by Gasteiger charge is 2.51. The van der Waals surface area contributed by atoms with Crippen molar-refractivity contribution >= 4 is 12.1 Å². The molecule has 4 aromatic rings. The maximum Gasteiger partial charge on any atom is 0.407 e. The third kappa shape index (κ3) is 4.62. The molecule has 2 heterocycles. The molecule has 1 saturated heterocycles. The fourth-order valence-electron chi connectivity index (χ4n) is 5.71. The van der Waals surface area contributed by atoms with Gasteiger partial charge in [-0.05, 0) is 36.5 Å². The largest absolute Gasteiger partial charge is 0.465 e. The number of ether oxygens (including phenoxy) is 1. The third-order valence-corrected chi connectivity index (χ3v) is 7.80. The average Bonchev–Trinajstić information content (AvgIpc) is 3.49. The number of carboxylic acid groups (broad SMARTS) is 1. The molecule has 0 bridgehead atoms. The quantitative estimate of drug-likeness (QED) is 0.250. The average molecular weight is 541 g/mol. The lowest BCUT2D eigenvalue weighted by molar-refractivity contribution is -0.168. The third-order valence-electron chi connectivity index (χ3n) is 7.80. The molecule has 0 radical (unpaired) electrons. The summed E-state index contributed by atoms with van der Waals surface area (Å²) >= 11 is 0. The van der Waals surface area contributed by atoms with E-state index in [-0.39, 0.29) is 38.4 Å². The molecule has 5 rings (SSSR count). The number of rotatable bonds is 8. The molecular weight excluding hydrogens is 508 g/mol. The lowest BCUT2D eigenvalue weighted by atomic mass is 9.73. The van der Waals surface area contributed by atoms with E-state index in [1.807, 2.05) is 91.0 Å². The first-order valence-corrected chi connectivity index (χ1v) is 13.3. The van der Waals surface area contributed by atoms with E-state index < -0.39 is 29.1 Å². The van der Waals surface area contributed by atoms with Crippen LogP contribution in [0.5, 0.6) is 0 Å². The van der Waals surface area contributed by atoms with Crippen LogP contribution >= 0.6 is 0 Å². The molecule has 1 aliphatic rings. The van der Waals surface area contributed by atoms with Gasteiger partial charge in [0.25, 0.3) is 0 Å². The molecule has 0 aliphatic carbocycles. The summed E-state index contributed by atoms with van der Waals surface area (Å²) in [6.07, 6.45) is -0.697. The Balaban J connectivity index is 1.65. The molecule has 40 heavy (non-hydrogen) atoms. The summed E-state index contributed by atoms with van der Waals surface area (Å²) in [6, 6.07) is 29.8. The van der Waals surface area contributed by atoms with Crippen LogP contribution < -0.4 is 0 Å². The first-order chi connectivity index (χ1) is 19.4. The normalized spacial score (nSPS) is 15.8. The lowest BCUT2D eigenvalue weighted by Crippen LogP contribution is -2.50. The van der Waals surface area contributed by atoms with Gasteiger partial charge in [0.1, 0.15) is 23.4 Å². The molecule has 1 amide bonds. The van der Waals surface area contributed by atoms with E-state index >= 15 is 0 Å². The van der Waals surface area contributed by atoms with Gasteiger partial charge in [0.15, 0.2) is 5.82 Å². The van der Waals surface area contributed by atoms with Crippen LogP contribution in [-0.4, -0.2) is 61.6 Å². The van der Waals surface area contributed by atoms with Crippen LogP contribution in [0.3, 0.4) is 0 Å². The number of aromatic nitrogens is 3. The molecule has 0 saturated carbocycles. The molecule has 2 N–H and O–H groups in total. The van der Waals surface area contributed by atoms with Crippen molar-refractivity contribution in [1.29, 1.82) is 0 Å². The number of likely N-dealkylation sites (tertiary alicyclic amines) is 1. The first-order valence-electron chi connectivity index (χ1n) is 13.3. The van der Waals surface area contributed by atoms with E-state index in [0.717, 1.165) is 16.7 Å². The smallest absolute Gasteiger partial charge is 0.407 e. The van der Waals surface area contributed by atoms with Crippen molar-refractivity contribution in [1.82, 2.24) is 19.7 Å². The van der Waals surface area contributed by atoms with Crippen molar-refractivity contribution < 1.29 is 24.5 Å². The zero-order valence-corrected chi connectivity index (χ0v) is 22.3. The van der Waals surface area contributed by atoms with Gasteiger partial charge in [-0.3, -0.25) is 4.79 Å². The van der Waals surface area contributed by atoms with Crippen LogP contribution in [0.2, 0.25) is 0 Å². The number of hydrogen-bond acceptors (Lipinski definition) is 6. The van der Waals surface area contributed by atoms with Gasteiger partial charge >= 0.3 is 12.1 Å². The van der Waals surface area contributed by atoms with Crippen molar-refractivity contribution in [2.24, 2.45) is 5.41 Å². The minimum atomic E-state index is -1.40. The van der Waals surface area contributed by atoms with E-state index in [2.05, 4.69) is 4.98 Å². The van der Waals surface area contributed by atoms with Crippen LogP contribution in [0, 0.1) is 5.41 Å². The zero-order chi connectivity index (χ0) is 28.2. The molecule has 1 unspecified atom stereocenters. The molecule has 1 atom stereocenters. The minimum Gasteiger partial charge on any atom is -0.465 e. The maximum absolute atomic E-state index is 13.3. The zero-order valence-electron chi connectivity index (χ0n) is 22.3. The van der Waals surface area contributed by atoms with Crippen molar-refractivity contribution in [2.45, 2.75) is 31.4 Å². The molecule has 0 spiro atoms. The van der Waals surface area contributed by atoms with Crippen LogP contribution in [0.25, 0.3) is 0 Å². The summed E-state index contributed by atoms with van der Waals surface area (Å²) < 4.78 is 7.11. The molecular formula is C31H32N4O5. The summed E-state index contributed by atoms with van der Waals surface area (Å²) in [7, 11) is 0. The molecule has 1 aromatic heterocycles. The predicted octanol–water partition coefficient (Wildman–Crippen LogP) is 4.48. The van der Waals surface area contributed by atoms with E-state index in [0.29, 0.717) is 0 Å². The van der Waals surface area contributed by atoms with Crippen LogP contribution in [0.1, 0.15) is 48.4 Å². The summed E-state index contributed by atoms with van der Waals surface area (Å²) in [5.41, 5.74) is 0.510. The van der Waals surface area contributed by atoms with Gasteiger partial charge in [-0.1, -0.05) is 91.0 Å². The highest BCUT2D eigenvalue weighted by Crippen LogP contribution is 2.45. The van der Waals surface area contributed by atoms with Crippen LogP contribution in [0.15, 0.2) is 97.3 Å². The van der Waals surface area contributed by atoms with Crippen molar-refractivity contribution in [3.8, 4) is 0 Å². The number of esters is 1. The topological polar surface area (TPSA) is 118 Å². The lowest BCUT2D eigenvalue weighted by Gasteiger charge is -2.40. The van der Waals surface area contributed by atoms with Gasteiger partial charge in [0.05, 0.1) is 6.61 Å². The molecule has 9 heteroatoms. The Bertz CT molecular complexity index is 1340. The summed E-state index contributed by atoms with van der Waals surface area (Å²) in [5.74, 6) is -0.506. The van der Waals surface area contributed by atoms with Crippen LogP contribution in [0.4, 0.5) is 4.79 Å². The van der Waals surface area contributed by atoms with Crippen LogP contribution in [-0.2, 0) is 15.1 Å². The number of nitrogens with zero attached hydrogens (tertiary/aromatic N) is 4. The summed E-state index contributed by atoms with van der Waals surface area (Å²) in [6.45, 7) is 2.02. The Hall–Kier alpha value is -4.50.